The Morgan fingerprint density at radius 3 is 3.30 bits per heavy atom. The molecule has 6 nitrogen and oxygen atoms in total. The number of nitrogens with one attached hydrogen (secondary N) is 1. The number of morpholine rings is 1. The number of hydrogen-bond donors (Lipinski definition) is 2. The second-order valence-corrected chi connectivity index (χ2v) is 5.79. The van der Waals surface area contributed by atoms with Crippen molar-refractivity contribution in [1.29, 1.82) is 0 Å². The minimum absolute atomic E-state index is 0.00519. The predicted molar refractivity (Wildman–Crippen MR) is 76.9 cm³/mol. The summed E-state index contributed by atoms with van der Waals surface area (Å²) in [4.78, 5) is 2.54. The van der Waals surface area contributed by atoms with Crippen LogP contribution in [0, 0.1) is 0 Å². The van der Waals surface area contributed by atoms with E-state index in [4.69, 9.17) is 10.6 Å². The van der Waals surface area contributed by atoms with Crippen LogP contribution in [-0.2, 0) is 11.3 Å². The average molecular weight is 279 g/mol. The van der Waals surface area contributed by atoms with Crippen LogP contribution in [0.15, 0.2) is 12.3 Å². The summed E-state index contributed by atoms with van der Waals surface area (Å²) in [5, 5.41) is 4.39. The van der Waals surface area contributed by atoms with Crippen molar-refractivity contribution in [3.8, 4) is 0 Å². The predicted octanol–water partition coefficient (Wildman–Crippen LogP) is 0.661. The van der Waals surface area contributed by atoms with Gasteiger partial charge in [-0.15, -0.1) is 0 Å². The largest absolute Gasteiger partial charge is 0.373 e. The van der Waals surface area contributed by atoms with Gasteiger partial charge in [0.25, 0.3) is 0 Å². The maximum absolute atomic E-state index is 6.08. The number of hydrazine groups is 1. The molecule has 3 heterocycles. The van der Waals surface area contributed by atoms with Gasteiger partial charge in [0.2, 0.25) is 0 Å². The number of nitrogens with two attached hydrogens (primary N) is 1. The Morgan fingerprint density at radius 1 is 1.60 bits per heavy atom. The molecule has 2 aliphatic rings. The zero-order chi connectivity index (χ0) is 13.9. The highest BCUT2D eigenvalue weighted by Gasteiger charge is 2.36. The van der Waals surface area contributed by atoms with Gasteiger partial charge in [0.05, 0.1) is 24.4 Å². The maximum Gasteiger partial charge on any atom is 0.0925 e. The third kappa shape index (κ3) is 2.61. The topological polar surface area (TPSA) is 68.3 Å². The Hall–Kier alpha value is -0.950. The number of aromatic nitrogens is 2. The number of fused-ring (bicyclic) bond motifs is 1. The van der Waals surface area contributed by atoms with Crippen molar-refractivity contribution >= 4 is 0 Å². The smallest absolute Gasteiger partial charge is 0.0925 e. The van der Waals surface area contributed by atoms with E-state index in [-0.39, 0.29) is 12.1 Å². The molecule has 112 valence electrons. The third-order valence-corrected chi connectivity index (χ3v) is 4.47. The molecule has 0 aromatic carbocycles. The Bertz CT molecular complexity index is 435. The van der Waals surface area contributed by atoms with Gasteiger partial charge in [-0.2, -0.15) is 5.10 Å². The van der Waals surface area contributed by atoms with E-state index in [9.17, 15) is 0 Å². The summed E-state index contributed by atoms with van der Waals surface area (Å²) in [6.07, 6.45) is 5.56. The first-order valence-corrected chi connectivity index (χ1v) is 7.67. The minimum Gasteiger partial charge on any atom is -0.373 e. The zero-order valence-corrected chi connectivity index (χ0v) is 12.2. The van der Waals surface area contributed by atoms with Crippen molar-refractivity contribution in [2.24, 2.45) is 5.84 Å². The molecular weight excluding hydrogens is 254 g/mol. The van der Waals surface area contributed by atoms with Crippen LogP contribution >= 0.6 is 0 Å². The lowest BCUT2D eigenvalue weighted by Crippen LogP contribution is -2.52. The Balaban J connectivity index is 1.74. The van der Waals surface area contributed by atoms with Gasteiger partial charge in [-0.25, -0.2) is 5.43 Å². The first-order chi connectivity index (χ1) is 9.83. The second-order valence-electron chi connectivity index (χ2n) is 5.79. The molecule has 2 aliphatic heterocycles. The molecular formula is C14H25N5O. The van der Waals surface area contributed by atoms with Gasteiger partial charge in [0, 0.05) is 25.3 Å². The molecule has 3 N–H and O–H groups in total. The fourth-order valence-corrected chi connectivity index (χ4v) is 3.43. The average Bonchev–Trinajstić information content (AvgIpc) is 3.09. The standard InChI is InChI=1S/C14H25N5O/c1-2-7-19-12(5-6-16-19)14(17-15)13-9-18-8-3-4-11(18)10-20-13/h5-6,11,13-14,17H,2-4,7-10,15H2,1H3. The number of aryl methyl sites for hydroxylation is 1. The Labute approximate surface area is 120 Å². The molecule has 0 amide bonds. The molecule has 1 aromatic rings. The SMILES string of the molecule is CCCn1nccc1C(NN)C1CN2CCCC2CO1. The Kier molecular flexibility index (Phi) is 4.35. The van der Waals surface area contributed by atoms with E-state index < -0.39 is 0 Å². The molecule has 20 heavy (non-hydrogen) atoms. The molecule has 0 saturated carbocycles. The van der Waals surface area contributed by atoms with Crippen molar-refractivity contribution in [3.63, 3.8) is 0 Å². The van der Waals surface area contributed by atoms with Gasteiger partial charge in [-0.05, 0) is 31.9 Å². The first kappa shape index (κ1) is 14.0. The quantitative estimate of drug-likeness (QED) is 0.612. The van der Waals surface area contributed by atoms with Gasteiger partial charge in [0.15, 0.2) is 0 Å². The number of rotatable bonds is 5. The van der Waals surface area contributed by atoms with Crippen LogP contribution in [0.2, 0.25) is 0 Å². The summed E-state index contributed by atoms with van der Waals surface area (Å²) < 4.78 is 8.11. The van der Waals surface area contributed by atoms with Crippen LogP contribution in [0.3, 0.4) is 0 Å². The van der Waals surface area contributed by atoms with Crippen LogP contribution in [0.1, 0.15) is 37.9 Å². The summed E-state index contributed by atoms with van der Waals surface area (Å²) in [6.45, 7) is 6.04. The molecule has 1 aromatic heterocycles. The van der Waals surface area contributed by atoms with E-state index in [0.29, 0.717) is 6.04 Å². The highest BCUT2D eigenvalue weighted by molar-refractivity contribution is 5.10. The highest BCUT2D eigenvalue weighted by atomic mass is 16.5. The number of ether oxygens (including phenoxy) is 1. The fourth-order valence-electron chi connectivity index (χ4n) is 3.43. The van der Waals surface area contributed by atoms with Gasteiger partial charge < -0.3 is 4.74 Å². The van der Waals surface area contributed by atoms with E-state index in [0.717, 1.165) is 31.8 Å². The first-order valence-electron chi connectivity index (χ1n) is 7.67. The molecule has 6 heteroatoms. The van der Waals surface area contributed by atoms with Crippen molar-refractivity contribution in [3.05, 3.63) is 18.0 Å². The summed E-state index contributed by atoms with van der Waals surface area (Å²) in [7, 11) is 0. The third-order valence-electron chi connectivity index (χ3n) is 4.47. The van der Waals surface area contributed by atoms with Crippen molar-refractivity contribution in [2.45, 2.75) is 50.9 Å². The van der Waals surface area contributed by atoms with E-state index >= 15 is 0 Å². The molecule has 0 radical (unpaired) electrons. The van der Waals surface area contributed by atoms with Crippen LogP contribution in [0.5, 0.6) is 0 Å². The van der Waals surface area contributed by atoms with E-state index in [2.05, 4.69) is 22.3 Å². The fraction of sp³-hybridized carbons (Fsp3) is 0.786. The lowest BCUT2D eigenvalue weighted by atomic mass is 10.0. The van der Waals surface area contributed by atoms with Crippen LogP contribution in [-0.4, -0.2) is 46.5 Å². The minimum atomic E-state index is 0.00519. The molecule has 0 aliphatic carbocycles. The molecule has 2 saturated heterocycles. The van der Waals surface area contributed by atoms with E-state index in [1.807, 2.05) is 16.9 Å². The van der Waals surface area contributed by atoms with Gasteiger partial charge in [-0.3, -0.25) is 15.4 Å². The van der Waals surface area contributed by atoms with Crippen molar-refractivity contribution in [1.82, 2.24) is 20.1 Å². The van der Waals surface area contributed by atoms with E-state index in [1.54, 1.807) is 0 Å². The summed E-state index contributed by atoms with van der Waals surface area (Å²) in [6, 6.07) is 2.66. The van der Waals surface area contributed by atoms with Crippen LogP contribution in [0.25, 0.3) is 0 Å². The number of nitrogens with zero attached hydrogens (tertiary/aromatic N) is 3. The van der Waals surface area contributed by atoms with Crippen LogP contribution < -0.4 is 11.3 Å². The maximum atomic E-state index is 6.08. The molecule has 3 unspecified atom stereocenters. The molecule has 3 rings (SSSR count). The van der Waals surface area contributed by atoms with Gasteiger partial charge >= 0.3 is 0 Å². The Morgan fingerprint density at radius 2 is 2.50 bits per heavy atom. The monoisotopic (exact) mass is 279 g/mol. The highest BCUT2D eigenvalue weighted by Crippen LogP contribution is 2.28. The van der Waals surface area contributed by atoms with Gasteiger partial charge in [0.1, 0.15) is 0 Å². The zero-order valence-electron chi connectivity index (χ0n) is 12.2. The van der Waals surface area contributed by atoms with E-state index in [1.165, 1.54) is 19.4 Å². The molecule has 0 spiro atoms. The summed E-state index contributed by atoms with van der Waals surface area (Å²) in [5.74, 6) is 5.81. The number of hydrogen-bond acceptors (Lipinski definition) is 5. The summed E-state index contributed by atoms with van der Waals surface area (Å²) >= 11 is 0. The normalized spacial score (nSPS) is 28.5. The van der Waals surface area contributed by atoms with Crippen molar-refractivity contribution in [2.75, 3.05) is 19.7 Å². The second kappa shape index (κ2) is 6.22. The van der Waals surface area contributed by atoms with Crippen molar-refractivity contribution < 1.29 is 4.74 Å². The van der Waals surface area contributed by atoms with Gasteiger partial charge in [-0.1, -0.05) is 6.92 Å². The van der Waals surface area contributed by atoms with Crippen LogP contribution in [0.4, 0.5) is 0 Å². The lowest BCUT2D eigenvalue weighted by molar-refractivity contribution is -0.0665. The molecule has 2 fully saturated rings. The molecule has 3 atom stereocenters. The summed E-state index contributed by atoms with van der Waals surface area (Å²) in [5.41, 5.74) is 4.06. The lowest BCUT2D eigenvalue weighted by Gasteiger charge is -2.38. The molecule has 0 bridgehead atoms.